The normalized spacial score (nSPS) is 12.4. The van der Waals surface area contributed by atoms with E-state index in [9.17, 15) is 9.90 Å². The lowest BCUT2D eigenvalue weighted by molar-refractivity contribution is 0.330. The number of nitrogens with zero attached hydrogens (tertiary/aromatic N) is 2. The van der Waals surface area contributed by atoms with Crippen molar-refractivity contribution in [1.29, 1.82) is 0 Å². The topological polar surface area (TPSA) is 64.3 Å². The zero-order valence-electron chi connectivity index (χ0n) is 16.1. The van der Waals surface area contributed by atoms with Crippen LogP contribution in [0.3, 0.4) is 0 Å². The molecule has 0 aliphatic carbocycles. The molecule has 0 saturated carbocycles. The lowest BCUT2D eigenvalue weighted by Crippen LogP contribution is -2.20. The van der Waals surface area contributed by atoms with Gasteiger partial charge in [0.1, 0.15) is 5.75 Å². The fourth-order valence-corrected chi connectivity index (χ4v) is 3.35. The number of ether oxygens (including phenoxy) is 1. The van der Waals surface area contributed by atoms with Gasteiger partial charge in [0.15, 0.2) is 0 Å². The molecule has 0 radical (unpaired) electrons. The molecule has 138 valence electrons. The summed E-state index contributed by atoms with van der Waals surface area (Å²) in [6, 6.07) is 3.94. The molecule has 0 unspecified atom stereocenters. The van der Waals surface area contributed by atoms with Gasteiger partial charge in [-0.3, -0.25) is 4.79 Å². The Hall–Kier alpha value is -1.82. The zero-order chi connectivity index (χ0) is 19.0. The van der Waals surface area contributed by atoms with Crippen LogP contribution < -0.4 is 9.61 Å². The predicted octanol–water partition coefficient (Wildman–Crippen LogP) is 4.05. The van der Waals surface area contributed by atoms with Crippen LogP contribution in [0.2, 0.25) is 0 Å². The van der Waals surface area contributed by atoms with E-state index < -0.39 is 0 Å². The average Bonchev–Trinajstić information content (AvgIpc) is 2.78. The van der Waals surface area contributed by atoms with Crippen molar-refractivity contribution < 1.29 is 9.84 Å². The Morgan fingerprint density at radius 2 is 1.64 bits per heavy atom. The molecule has 25 heavy (non-hydrogen) atoms. The monoisotopic (exact) mass is 364 g/mol. The molecule has 0 aliphatic rings. The third kappa shape index (κ3) is 4.42. The average molecular weight is 365 g/mol. The lowest BCUT2D eigenvalue weighted by atomic mass is 9.78. The molecule has 0 atom stereocenters. The summed E-state index contributed by atoms with van der Waals surface area (Å²) in [5, 5.41) is 15.4. The number of aromatic hydroxyl groups is 1. The molecule has 1 aromatic carbocycles. The molecule has 2 aromatic rings. The van der Waals surface area contributed by atoms with E-state index in [2.05, 4.69) is 46.6 Å². The minimum absolute atomic E-state index is 0.147. The lowest BCUT2D eigenvalue weighted by Gasteiger charge is -2.28. The Labute approximate surface area is 153 Å². The largest absolute Gasteiger partial charge is 0.507 e. The Bertz CT molecular complexity index is 772. The first-order chi connectivity index (χ1) is 11.4. The molecule has 0 aliphatic heterocycles. The number of hydrogen-bond acceptors (Lipinski definition) is 5. The number of aromatic nitrogens is 2. The van der Waals surface area contributed by atoms with Crippen molar-refractivity contribution in [1.82, 2.24) is 9.78 Å². The summed E-state index contributed by atoms with van der Waals surface area (Å²) in [6.45, 7) is 15.1. The molecule has 1 aromatic heterocycles. The highest BCUT2D eigenvalue weighted by Gasteiger charge is 2.26. The van der Waals surface area contributed by atoms with E-state index in [1.165, 1.54) is 4.68 Å². The Balaban J connectivity index is 2.53. The summed E-state index contributed by atoms with van der Waals surface area (Å²) in [5.41, 5.74) is 2.29. The first-order valence-corrected chi connectivity index (χ1v) is 9.32. The second kappa shape index (κ2) is 6.83. The third-order valence-corrected chi connectivity index (χ3v) is 4.73. The maximum Gasteiger partial charge on any atom is 0.328 e. The smallest absolute Gasteiger partial charge is 0.328 e. The van der Waals surface area contributed by atoms with Crippen LogP contribution >= 0.6 is 11.3 Å². The Morgan fingerprint density at radius 3 is 2.08 bits per heavy atom. The Kier molecular flexibility index (Phi) is 5.33. The summed E-state index contributed by atoms with van der Waals surface area (Å²) in [7, 11) is 0. The molecule has 6 heteroatoms. The van der Waals surface area contributed by atoms with Crippen LogP contribution in [0.25, 0.3) is 0 Å². The van der Waals surface area contributed by atoms with Crippen molar-refractivity contribution in [3.05, 3.63) is 38.5 Å². The fourth-order valence-electron chi connectivity index (χ4n) is 2.67. The van der Waals surface area contributed by atoms with Crippen LogP contribution in [0.4, 0.5) is 0 Å². The number of phenols is 1. The second-order valence-electron chi connectivity index (χ2n) is 8.26. The van der Waals surface area contributed by atoms with Crippen LogP contribution in [-0.2, 0) is 17.4 Å². The van der Waals surface area contributed by atoms with Gasteiger partial charge in [-0.2, -0.15) is 0 Å². The number of phenolic OH excluding ortho intramolecular Hbond substituents is 1. The molecule has 0 bridgehead atoms. The van der Waals surface area contributed by atoms with E-state index in [-0.39, 0.29) is 15.7 Å². The van der Waals surface area contributed by atoms with Gasteiger partial charge in [0.25, 0.3) is 5.19 Å². The van der Waals surface area contributed by atoms with Crippen molar-refractivity contribution in [3.63, 3.8) is 0 Å². The van der Waals surface area contributed by atoms with Gasteiger partial charge in [-0.15, -0.1) is 5.10 Å². The second-order valence-corrected chi connectivity index (χ2v) is 9.17. The maximum absolute atomic E-state index is 12.1. The highest BCUT2D eigenvalue weighted by molar-refractivity contribution is 7.10. The molecule has 0 amide bonds. The van der Waals surface area contributed by atoms with E-state index >= 15 is 0 Å². The van der Waals surface area contributed by atoms with Crippen LogP contribution in [0.15, 0.2) is 16.9 Å². The van der Waals surface area contributed by atoms with Crippen molar-refractivity contribution in [3.8, 4) is 10.9 Å². The molecule has 1 N–H and O–H groups in total. The van der Waals surface area contributed by atoms with E-state index in [1.54, 1.807) is 0 Å². The molecular weight excluding hydrogens is 336 g/mol. The van der Waals surface area contributed by atoms with E-state index in [4.69, 9.17) is 4.74 Å². The van der Waals surface area contributed by atoms with Gasteiger partial charge in [-0.25, -0.2) is 4.68 Å². The summed E-state index contributed by atoms with van der Waals surface area (Å²) < 4.78 is 6.74. The number of rotatable bonds is 4. The van der Waals surface area contributed by atoms with Gasteiger partial charge in [0.2, 0.25) is 0 Å². The molecule has 0 fully saturated rings. The van der Waals surface area contributed by atoms with Gasteiger partial charge in [-0.05, 0) is 57.9 Å². The predicted molar refractivity (Wildman–Crippen MR) is 102 cm³/mol. The minimum atomic E-state index is -0.205. The van der Waals surface area contributed by atoms with E-state index in [0.29, 0.717) is 24.1 Å². The standard InChI is InChI=1S/C19H28N2O3S/c1-8-24-16-20-21(17(23)25-16)11-12-9-13(18(2,3)4)15(22)14(10-12)19(5,6)7/h9-10,22H,8,11H2,1-7H3. The van der Waals surface area contributed by atoms with Crippen LogP contribution in [0.1, 0.15) is 65.2 Å². The number of hydrogen-bond donors (Lipinski definition) is 1. The van der Waals surface area contributed by atoms with Crippen molar-refractivity contribution in [2.45, 2.75) is 65.8 Å². The highest BCUT2D eigenvalue weighted by atomic mass is 32.1. The highest BCUT2D eigenvalue weighted by Crippen LogP contribution is 2.39. The minimum Gasteiger partial charge on any atom is -0.507 e. The van der Waals surface area contributed by atoms with Gasteiger partial charge in [0.05, 0.1) is 13.2 Å². The molecule has 1 heterocycles. The van der Waals surface area contributed by atoms with Crippen LogP contribution in [-0.4, -0.2) is 21.5 Å². The molecule has 0 saturated heterocycles. The SMILES string of the molecule is CCOc1nn(Cc2cc(C(C)(C)C)c(O)c(C(C)(C)C)c2)c(=O)s1. The summed E-state index contributed by atoms with van der Waals surface area (Å²) in [6.07, 6.45) is 0. The summed E-state index contributed by atoms with van der Waals surface area (Å²) >= 11 is 1.01. The molecule has 5 nitrogen and oxygen atoms in total. The van der Waals surface area contributed by atoms with Gasteiger partial charge in [-0.1, -0.05) is 41.5 Å². The van der Waals surface area contributed by atoms with Gasteiger partial charge >= 0.3 is 4.87 Å². The van der Waals surface area contributed by atoms with Crippen LogP contribution in [0, 0.1) is 0 Å². The third-order valence-electron chi connectivity index (χ3n) is 3.97. The van der Waals surface area contributed by atoms with E-state index in [0.717, 1.165) is 28.0 Å². The summed E-state index contributed by atoms with van der Waals surface area (Å²) in [4.78, 5) is 12.0. The molecule has 2 rings (SSSR count). The first-order valence-electron chi connectivity index (χ1n) is 8.51. The van der Waals surface area contributed by atoms with Crippen molar-refractivity contribution in [2.24, 2.45) is 0 Å². The van der Waals surface area contributed by atoms with Gasteiger partial charge in [0, 0.05) is 0 Å². The Morgan fingerprint density at radius 1 is 1.12 bits per heavy atom. The van der Waals surface area contributed by atoms with Gasteiger partial charge < -0.3 is 9.84 Å². The molecular formula is C19H28N2O3S. The number of benzene rings is 1. The molecule has 0 spiro atoms. The van der Waals surface area contributed by atoms with E-state index in [1.807, 2.05) is 19.1 Å². The fraction of sp³-hybridized carbons (Fsp3) is 0.579. The first kappa shape index (κ1) is 19.5. The summed E-state index contributed by atoms with van der Waals surface area (Å²) in [5.74, 6) is 0.337. The van der Waals surface area contributed by atoms with Crippen molar-refractivity contribution >= 4 is 11.3 Å². The quantitative estimate of drug-likeness (QED) is 0.889. The van der Waals surface area contributed by atoms with Crippen LogP contribution in [0.5, 0.6) is 10.9 Å². The maximum atomic E-state index is 12.1. The van der Waals surface area contributed by atoms with Crippen molar-refractivity contribution in [2.75, 3.05) is 6.61 Å². The zero-order valence-corrected chi connectivity index (χ0v) is 17.0.